The lowest BCUT2D eigenvalue weighted by Gasteiger charge is -2.08. The van der Waals surface area contributed by atoms with E-state index >= 15 is 0 Å². The number of aromatic nitrogens is 1. The average Bonchev–Trinajstić information content (AvgIpc) is 2.31. The van der Waals surface area contributed by atoms with Crippen molar-refractivity contribution >= 4 is 5.69 Å². The smallest absolute Gasteiger partial charge is 0.273 e. The van der Waals surface area contributed by atoms with Crippen molar-refractivity contribution in [3.05, 3.63) is 58.2 Å². The summed E-state index contributed by atoms with van der Waals surface area (Å²) in [7, 11) is 0. The Balaban J connectivity index is 2.33. The van der Waals surface area contributed by atoms with Crippen molar-refractivity contribution in [2.24, 2.45) is 0 Å². The molecule has 0 bridgehead atoms. The van der Waals surface area contributed by atoms with E-state index in [2.05, 4.69) is 4.98 Å². The Hall–Kier alpha value is -2.50. The lowest BCUT2D eigenvalue weighted by Crippen LogP contribution is -1.93. The zero-order valence-corrected chi connectivity index (χ0v) is 9.46. The summed E-state index contributed by atoms with van der Waals surface area (Å²) < 4.78 is 18.3. The molecule has 0 aliphatic carbocycles. The third kappa shape index (κ3) is 2.60. The number of hydrogen-bond donors (Lipinski definition) is 0. The van der Waals surface area contributed by atoms with Gasteiger partial charge in [0.1, 0.15) is 11.5 Å². The molecule has 1 aromatic heterocycles. The number of aryl methyl sites for hydroxylation is 1. The van der Waals surface area contributed by atoms with Crippen LogP contribution in [-0.4, -0.2) is 9.91 Å². The van der Waals surface area contributed by atoms with Crippen LogP contribution in [0.4, 0.5) is 10.1 Å². The van der Waals surface area contributed by atoms with E-state index < -0.39 is 10.9 Å². The van der Waals surface area contributed by atoms with E-state index in [-0.39, 0.29) is 11.4 Å². The van der Waals surface area contributed by atoms with Crippen molar-refractivity contribution in [1.82, 2.24) is 4.98 Å². The maximum Gasteiger partial charge on any atom is 0.273 e. The summed E-state index contributed by atoms with van der Waals surface area (Å²) in [5, 5.41) is 10.7. The normalized spacial score (nSPS) is 10.1. The molecule has 1 heterocycles. The Morgan fingerprint density at radius 3 is 2.78 bits per heavy atom. The van der Waals surface area contributed by atoms with E-state index in [1.54, 1.807) is 13.0 Å². The highest BCUT2D eigenvalue weighted by atomic mass is 19.1. The Kier molecular flexibility index (Phi) is 3.18. The van der Waals surface area contributed by atoms with Gasteiger partial charge in [-0.1, -0.05) is 0 Å². The summed E-state index contributed by atoms with van der Waals surface area (Å²) in [6.07, 6.45) is 1.26. The topological polar surface area (TPSA) is 65.3 Å². The Morgan fingerprint density at radius 1 is 1.33 bits per heavy atom. The third-order valence-corrected chi connectivity index (χ3v) is 2.31. The SMILES string of the molecule is Cc1ccc([N+](=O)[O-])cc1Oc1ccnc(F)c1. The second-order valence-corrected chi connectivity index (χ2v) is 3.62. The van der Waals surface area contributed by atoms with Gasteiger partial charge in [0.05, 0.1) is 11.0 Å². The first-order chi connectivity index (χ1) is 8.56. The fourth-order valence-corrected chi connectivity index (χ4v) is 1.39. The first-order valence-corrected chi connectivity index (χ1v) is 5.11. The minimum absolute atomic E-state index is 0.0786. The van der Waals surface area contributed by atoms with Crippen LogP contribution in [-0.2, 0) is 0 Å². The first-order valence-electron chi connectivity index (χ1n) is 5.11. The largest absolute Gasteiger partial charge is 0.457 e. The van der Waals surface area contributed by atoms with Crippen molar-refractivity contribution in [1.29, 1.82) is 0 Å². The molecule has 0 saturated carbocycles. The van der Waals surface area contributed by atoms with E-state index in [9.17, 15) is 14.5 Å². The highest BCUT2D eigenvalue weighted by molar-refractivity contribution is 5.45. The maximum atomic E-state index is 12.9. The number of non-ortho nitro benzene ring substituents is 1. The molecule has 0 aliphatic rings. The minimum atomic E-state index is -0.671. The Morgan fingerprint density at radius 2 is 2.11 bits per heavy atom. The van der Waals surface area contributed by atoms with Gasteiger partial charge >= 0.3 is 0 Å². The molecule has 92 valence electrons. The summed E-state index contributed by atoms with van der Waals surface area (Å²) in [6.45, 7) is 1.75. The zero-order chi connectivity index (χ0) is 13.1. The van der Waals surface area contributed by atoms with Gasteiger partial charge in [0.25, 0.3) is 5.69 Å². The molecule has 2 aromatic rings. The van der Waals surface area contributed by atoms with Gasteiger partial charge in [0.15, 0.2) is 0 Å². The van der Waals surface area contributed by atoms with Crippen LogP contribution in [0.2, 0.25) is 0 Å². The Bertz CT molecular complexity index is 602. The number of nitro benzene ring substituents is 1. The molecule has 1 aromatic carbocycles. The number of rotatable bonds is 3. The molecule has 0 amide bonds. The first kappa shape index (κ1) is 12.0. The van der Waals surface area contributed by atoms with Gasteiger partial charge in [-0.25, -0.2) is 4.98 Å². The van der Waals surface area contributed by atoms with Crippen LogP contribution in [0.5, 0.6) is 11.5 Å². The Labute approximate surface area is 102 Å². The van der Waals surface area contributed by atoms with Crippen LogP contribution < -0.4 is 4.74 Å². The van der Waals surface area contributed by atoms with Gasteiger partial charge in [-0.2, -0.15) is 4.39 Å². The molecular weight excluding hydrogens is 239 g/mol. The predicted molar refractivity (Wildman–Crippen MR) is 62.1 cm³/mol. The third-order valence-electron chi connectivity index (χ3n) is 2.31. The molecule has 6 heteroatoms. The van der Waals surface area contributed by atoms with E-state index in [0.717, 1.165) is 11.6 Å². The van der Waals surface area contributed by atoms with Crippen molar-refractivity contribution in [2.45, 2.75) is 6.92 Å². The van der Waals surface area contributed by atoms with Gasteiger partial charge in [-0.15, -0.1) is 0 Å². The van der Waals surface area contributed by atoms with Crippen molar-refractivity contribution in [3.63, 3.8) is 0 Å². The standard InChI is InChI=1S/C12H9FN2O3/c1-8-2-3-9(15(16)17)6-11(8)18-10-4-5-14-12(13)7-10/h2-7H,1H3. The van der Waals surface area contributed by atoms with Gasteiger partial charge in [0, 0.05) is 18.3 Å². The van der Waals surface area contributed by atoms with Crippen LogP contribution in [0.25, 0.3) is 0 Å². The zero-order valence-electron chi connectivity index (χ0n) is 9.46. The van der Waals surface area contributed by atoms with Gasteiger partial charge in [-0.05, 0) is 24.6 Å². The van der Waals surface area contributed by atoms with E-state index in [1.165, 1.54) is 24.4 Å². The maximum absolute atomic E-state index is 12.9. The average molecular weight is 248 g/mol. The molecule has 0 radical (unpaired) electrons. The van der Waals surface area contributed by atoms with E-state index in [1.807, 2.05) is 0 Å². The molecule has 0 N–H and O–H groups in total. The van der Waals surface area contributed by atoms with Crippen LogP contribution in [0, 0.1) is 23.0 Å². The molecule has 5 nitrogen and oxygen atoms in total. The van der Waals surface area contributed by atoms with Crippen LogP contribution >= 0.6 is 0 Å². The van der Waals surface area contributed by atoms with Gasteiger partial charge in [0.2, 0.25) is 5.95 Å². The molecule has 0 aliphatic heterocycles. The number of ether oxygens (including phenoxy) is 1. The summed E-state index contributed by atoms with van der Waals surface area (Å²) in [5.74, 6) is -0.114. The second kappa shape index (κ2) is 4.79. The molecular formula is C12H9FN2O3. The summed E-state index contributed by atoms with van der Waals surface area (Å²) in [4.78, 5) is 13.5. The summed E-state index contributed by atoms with van der Waals surface area (Å²) in [6, 6.07) is 6.84. The highest BCUT2D eigenvalue weighted by Gasteiger charge is 2.10. The molecule has 0 atom stereocenters. The minimum Gasteiger partial charge on any atom is -0.457 e. The van der Waals surface area contributed by atoms with Gasteiger partial charge in [-0.3, -0.25) is 10.1 Å². The highest BCUT2D eigenvalue weighted by Crippen LogP contribution is 2.28. The molecule has 0 unspecified atom stereocenters. The fraction of sp³-hybridized carbons (Fsp3) is 0.0833. The van der Waals surface area contributed by atoms with E-state index in [0.29, 0.717) is 5.75 Å². The lowest BCUT2D eigenvalue weighted by atomic mass is 10.2. The number of nitro groups is 1. The molecule has 2 rings (SSSR count). The predicted octanol–water partition coefficient (Wildman–Crippen LogP) is 3.23. The van der Waals surface area contributed by atoms with Crippen LogP contribution in [0.3, 0.4) is 0 Å². The number of halogens is 1. The van der Waals surface area contributed by atoms with Gasteiger partial charge < -0.3 is 4.74 Å². The number of hydrogen-bond acceptors (Lipinski definition) is 4. The lowest BCUT2D eigenvalue weighted by molar-refractivity contribution is -0.384. The fourth-order valence-electron chi connectivity index (χ4n) is 1.39. The quantitative estimate of drug-likeness (QED) is 0.475. The summed E-state index contributed by atoms with van der Waals surface area (Å²) >= 11 is 0. The van der Waals surface area contributed by atoms with Crippen LogP contribution in [0.15, 0.2) is 36.5 Å². The molecule has 0 saturated heterocycles. The van der Waals surface area contributed by atoms with Crippen molar-refractivity contribution in [2.75, 3.05) is 0 Å². The van der Waals surface area contributed by atoms with Crippen molar-refractivity contribution in [3.8, 4) is 11.5 Å². The number of benzene rings is 1. The molecule has 0 fully saturated rings. The van der Waals surface area contributed by atoms with E-state index in [4.69, 9.17) is 4.74 Å². The number of pyridine rings is 1. The van der Waals surface area contributed by atoms with Crippen LogP contribution in [0.1, 0.15) is 5.56 Å². The second-order valence-electron chi connectivity index (χ2n) is 3.62. The number of nitrogens with zero attached hydrogens (tertiary/aromatic N) is 2. The summed E-state index contributed by atoms with van der Waals surface area (Å²) in [5.41, 5.74) is 0.642. The molecule has 0 spiro atoms. The van der Waals surface area contributed by atoms with Crippen molar-refractivity contribution < 1.29 is 14.1 Å². The monoisotopic (exact) mass is 248 g/mol. The molecule has 18 heavy (non-hydrogen) atoms.